The maximum Gasteiger partial charge on any atom is 0.360 e. The summed E-state index contributed by atoms with van der Waals surface area (Å²) in [5.41, 5.74) is 4.05. The lowest BCUT2D eigenvalue weighted by Crippen LogP contribution is -2.68. The number of fused-ring (bicyclic) bond motifs is 2. The van der Waals surface area contributed by atoms with Gasteiger partial charge in [-0.1, -0.05) is 60.7 Å². The molecule has 0 fully saturated rings. The third-order valence-electron chi connectivity index (χ3n) is 5.22. The van der Waals surface area contributed by atoms with E-state index in [0.29, 0.717) is 0 Å². The molecule has 0 amide bonds. The predicted octanol–water partition coefficient (Wildman–Crippen LogP) is -0.750. The molecule has 216 valence electrons. The number of hydrogen-bond acceptors (Lipinski definition) is 8. The topological polar surface area (TPSA) is 207 Å². The van der Waals surface area contributed by atoms with Crippen LogP contribution in [0.5, 0.6) is 0 Å². The van der Waals surface area contributed by atoms with E-state index in [2.05, 4.69) is 12.1 Å². The standard InChI is InChI=1S/2C15H11O.2ClHO4/c2*1-2-6-12(7-3-1)15-11-10-13-8-4-5-9-14(13)16-15;2*2-1(3,4)5/h2*1-11H;2*(H,2,3,4,5)/q2*+1;;/p-2. The minimum absolute atomic E-state index is 0.902. The van der Waals surface area contributed by atoms with Crippen molar-refractivity contribution in [2.24, 2.45) is 0 Å². The van der Waals surface area contributed by atoms with Gasteiger partial charge >= 0.3 is 22.7 Å². The van der Waals surface area contributed by atoms with Gasteiger partial charge in [-0.05, 0) is 48.5 Å². The summed E-state index contributed by atoms with van der Waals surface area (Å²) < 4.78 is 79.6. The van der Waals surface area contributed by atoms with Crippen LogP contribution in [0, 0.1) is 20.5 Å². The number of benzene rings is 4. The summed E-state index contributed by atoms with van der Waals surface area (Å²) in [5.74, 6) is 1.80. The maximum atomic E-state index is 8.49. The van der Waals surface area contributed by atoms with E-state index in [1.807, 2.05) is 121 Å². The number of para-hydroxylation sites is 2. The van der Waals surface area contributed by atoms with Gasteiger partial charge in [0, 0.05) is 24.3 Å². The SMILES string of the molecule is [O-][Cl+3]([O-])([O-])[O-].[O-][Cl+3]([O-])([O-])[O-].c1ccc(-c2ccc3ccccc3[o+]2)cc1.c1ccc(-c2ccc3ccccc3[o+]2)cc1. The van der Waals surface area contributed by atoms with Gasteiger partial charge in [0.05, 0.1) is 21.9 Å². The van der Waals surface area contributed by atoms with Gasteiger partial charge in [0.15, 0.2) is 0 Å². The van der Waals surface area contributed by atoms with Gasteiger partial charge in [0.25, 0.3) is 0 Å². The minimum Gasteiger partial charge on any atom is -0.222 e. The molecular weight excluding hydrogens is 591 g/mol. The van der Waals surface area contributed by atoms with Crippen molar-refractivity contribution in [3.8, 4) is 22.6 Å². The van der Waals surface area contributed by atoms with Crippen LogP contribution in [0.25, 0.3) is 44.6 Å². The Hall–Kier alpha value is -4.04. The van der Waals surface area contributed by atoms with Crippen molar-refractivity contribution < 1.29 is 66.6 Å². The molecule has 4 aromatic carbocycles. The first-order chi connectivity index (χ1) is 19.9. The van der Waals surface area contributed by atoms with Crippen molar-refractivity contribution in [2.75, 3.05) is 0 Å². The van der Waals surface area contributed by atoms with Crippen LogP contribution in [0.15, 0.2) is 142 Å². The zero-order valence-electron chi connectivity index (χ0n) is 21.5. The highest BCUT2D eigenvalue weighted by Gasteiger charge is 2.14. The molecule has 0 atom stereocenters. The molecule has 0 aliphatic carbocycles. The lowest BCUT2D eigenvalue weighted by atomic mass is 10.1. The Bertz CT molecular complexity index is 1530. The van der Waals surface area contributed by atoms with Gasteiger partial charge in [-0.3, -0.25) is 0 Å². The van der Waals surface area contributed by atoms with E-state index < -0.39 is 20.5 Å². The number of rotatable bonds is 2. The molecule has 0 spiro atoms. The molecule has 2 heterocycles. The van der Waals surface area contributed by atoms with E-state index in [-0.39, 0.29) is 0 Å². The number of hydrogen-bond donors (Lipinski definition) is 0. The predicted molar refractivity (Wildman–Crippen MR) is 132 cm³/mol. The molecule has 10 nitrogen and oxygen atoms in total. The van der Waals surface area contributed by atoms with Crippen molar-refractivity contribution >= 4 is 21.9 Å². The molecule has 0 saturated heterocycles. The van der Waals surface area contributed by atoms with Crippen molar-refractivity contribution in [1.82, 2.24) is 0 Å². The van der Waals surface area contributed by atoms with Crippen molar-refractivity contribution in [2.45, 2.75) is 0 Å². The second-order valence-electron chi connectivity index (χ2n) is 8.16. The summed E-state index contributed by atoms with van der Waals surface area (Å²) in [4.78, 5) is 0. The normalized spacial score (nSPS) is 10.9. The Labute approximate surface area is 244 Å². The van der Waals surface area contributed by atoms with E-state index >= 15 is 0 Å². The van der Waals surface area contributed by atoms with E-state index in [1.165, 1.54) is 0 Å². The molecule has 0 saturated carbocycles. The quantitative estimate of drug-likeness (QED) is 0.223. The lowest BCUT2D eigenvalue weighted by molar-refractivity contribution is -2.00. The molecule has 0 unspecified atom stereocenters. The Morgan fingerprint density at radius 3 is 0.952 bits per heavy atom. The monoisotopic (exact) mass is 612 g/mol. The first-order valence-corrected chi connectivity index (χ1v) is 14.3. The summed E-state index contributed by atoms with van der Waals surface area (Å²) in [6.45, 7) is 0. The van der Waals surface area contributed by atoms with Crippen LogP contribution in [0.1, 0.15) is 0 Å². The summed E-state index contributed by atoms with van der Waals surface area (Å²) in [6, 6.07) is 44.5. The lowest BCUT2D eigenvalue weighted by Gasteiger charge is -2.17. The van der Waals surface area contributed by atoms with Gasteiger partial charge in [0.1, 0.15) is 0 Å². The third kappa shape index (κ3) is 12.2. The van der Waals surface area contributed by atoms with Gasteiger partial charge in [-0.15, -0.1) is 20.5 Å². The fourth-order valence-electron chi connectivity index (χ4n) is 3.57. The van der Waals surface area contributed by atoms with E-state index in [4.69, 9.17) is 46.1 Å². The molecule has 0 bridgehead atoms. The molecule has 0 aliphatic rings. The van der Waals surface area contributed by atoms with Crippen LogP contribution >= 0.6 is 0 Å². The molecular formula is C30H22Cl2O10. The highest BCUT2D eigenvalue weighted by molar-refractivity contribution is 5.79. The summed E-state index contributed by atoms with van der Waals surface area (Å²) >= 11 is 0. The zero-order valence-corrected chi connectivity index (χ0v) is 23.1. The van der Waals surface area contributed by atoms with Crippen LogP contribution in [-0.2, 0) is 0 Å². The minimum atomic E-state index is -4.94. The molecule has 0 aliphatic heterocycles. The Morgan fingerprint density at radius 2 is 0.619 bits per heavy atom. The largest absolute Gasteiger partial charge is 0.360 e. The average molecular weight is 613 g/mol. The fourth-order valence-corrected chi connectivity index (χ4v) is 3.57. The highest BCUT2D eigenvalue weighted by atomic mass is 35.7. The Morgan fingerprint density at radius 1 is 0.333 bits per heavy atom. The van der Waals surface area contributed by atoms with Crippen LogP contribution in [0.3, 0.4) is 0 Å². The molecule has 6 aromatic rings. The van der Waals surface area contributed by atoms with Crippen molar-refractivity contribution in [1.29, 1.82) is 0 Å². The maximum absolute atomic E-state index is 8.49. The molecule has 6 rings (SSSR count). The average Bonchev–Trinajstić information content (AvgIpc) is 2.96. The molecule has 42 heavy (non-hydrogen) atoms. The third-order valence-corrected chi connectivity index (χ3v) is 5.22. The first-order valence-electron chi connectivity index (χ1n) is 11.8. The Kier molecular flexibility index (Phi) is 11.8. The van der Waals surface area contributed by atoms with E-state index in [0.717, 1.165) is 44.6 Å². The van der Waals surface area contributed by atoms with Gasteiger partial charge in [-0.2, -0.15) is 0 Å². The van der Waals surface area contributed by atoms with Crippen molar-refractivity contribution in [3.05, 3.63) is 133 Å². The van der Waals surface area contributed by atoms with Crippen molar-refractivity contribution in [3.63, 3.8) is 0 Å². The fraction of sp³-hybridized carbons (Fsp3) is 0. The van der Waals surface area contributed by atoms with Gasteiger partial charge in [-0.25, -0.2) is 46.1 Å². The highest BCUT2D eigenvalue weighted by Crippen LogP contribution is 2.25. The molecule has 12 heteroatoms. The summed E-state index contributed by atoms with van der Waals surface area (Å²) in [6.07, 6.45) is 0. The smallest absolute Gasteiger partial charge is 0.222 e. The molecule has 0 N–H and O–H groups in total. The second-order valence-corrected chi connectivity index (χ2v) is 9.67. The van der Waals surface area contributed by atoms with E-state index in [1.54, 1.807) is 0 Å². The van der Waals surface area contributed by atoms with Crippen LogP contribution in [-0.4, -0.2) is 0 Å². The summed E-state index contributed by atoms with van der Waals surface area (Å²) in [7, 11) is -9.89. The van der Waals surface area contributed by atoms with E-state index in [9.17, 15) is 0 Å². The van der Waals surface area contributed by atoms with Crippen LogP contribution in [0.4, 0.5) is 0 Å². The van der Waals surface area contributed by atoms with Crippen LogP contribution < -0.4 is 37.3 Å². The summed E-state index contributed by atoms with van der Waals surface area (Å²) in [5, 5.41) is 2.25. The molecule has 0 radical (unpaired) electrons. The number of halogens is 2. The Balaban J connectivity index is 0.000000176. The zero-order chi connectivity index (χ0) is 30.6. The second kappa shape index (κ2) is 15.3. The van der Waals surface area contributed by atoms with Gasteiger partial charge < -0.3 is 0 Å². The first kappa shape index (κ1) is 32.5. The van der Waals surface area contributed by atoms with Crippen LogP contribution in [0.2, 0.25) is 0 Å². The van der Waals surface area contributed by atoms with Gasteiger partial charge in [0.2, 0.25) is 0 Å². The molecule has 2 aromatic heterocycles.